The number of hydrogen-bond donors (Lipinski definition) is 0. The van der Waals surface area contributed by atoms with Crippen molar-refractivity contribution in [1.82, 2.24) is 0 Å². The number of hydrogen-bond acceptors (Lipinski definition) is 1. The third-order valence-corrected chi connectivity index (χ3v) is 2.86. The predicted octanol–water partition coefficient (Wildman–Crippen LogP) is 5.02. The maximum Gasteiger partial charge on any atom is 0.573 e. The Kier molecular flexibility index (Phi) is 4.32. The standard InChI is InChI=1S/C16H14F3O/c1-2-5-12-6-3-4-7-15(12)13-8-10-14(11-9-13)20-16(17,18)19/h3-4,6-11H,1-2,5H2. The van der Waals surface area contributed by atoms with Crippen molar-refractivity contribution in [2.24, 2.45) is 0 Å². The summed E-state index contributed by atoms with van der Waals surface area (Å²) < 4.78 is 40.2. The van der Waals surface area contributed by atoms with E-state index in [0.717, 1.165) is 29.5 Å². The lowest BCUT2D eigenvalue weighted by Gasteiger charge is -2.11. The van der Waals surface area contributed by atoms with Crippen LogP contribution in [-0.2, 0) is 6.42 Å². The van der Waals surface area contributed by atoms with Crippen LogP contribution >= 0.6 is 0 Å². The summed E-state index contributed by atoms with van der Waals surface area (Å²) in [5.74, 6) is -0.212. The average Bonchev–Trinajstić information content (AvgIpc) is 2.39. The fourth-order valence-electron chi connectivity index (χ4n) is 2.05. The minimum Gasteiger partial charge on any atom is -0.406 e. The number of alkyl halides is 3. The maximum absolute atomic E-state index is 12.1. The Labute approximate surface area is 116 Å². The number of benzene rings is 2. The van der Waals surface area contributed by atoms with Crippen LogP contribution in [-0.4, -0.2) is 6.36 Å². The molecule has 0 bridgehead atoms. The molecule has 0 amide bonds. The highest BCUT2D eigenvalue weighted by atomic mass is 19.4. The first kappa shape index (κ1) is 14.4. The van der Waals surface area contributed by atoms with Gasteiger partial charge in [0.05, 0.1) is 0 Å². The summed E-state index contributed by atoms with van der Waals surface area (Å²) in [6, 6.07) is 13.7. The van der Waals surface area contributed by atoms with Crippen molar-refractivity contribution in [3.8, 4) is 16.9 Å². The van der Waals surface area contributed by atoms with E-state index in [-0.39, 0.29) is 5.75 Å². The molecule has 0 aliphatic heterocycles. The van der Waals surface area contributed by atoms with Crippen molar-refractivity contribution in [3.63, 3.8) is 0 Å². The second-order valence-electron chi connectivity index (χ2n) is 4.33. The molecular weight excluding hydrogens is 265 g/mol. The first-order valence-corrected chi connectivity index (χ1v) is 6.23. The van der Waals surface area contributed by atoms with Crippen molar-refractivity contribution >= 4 is 0 Å². The minimum atomic E-state index is -4.66. The van der Waals surface area contributed by atoms with Crippen LogP contribution in [0.1, 0.15) is 12.0 Å². The van der Waals surface area contributed by atoms with Gasteiger partial charge in [-0.1, -0.05) is 43.3 Å². The van der Waals surface area contributed by atoms with Crippen LogP contribution in [0, 0.1) is 6.92 Å². The van der Waals surface area contributed by atoms with Gasteiger partial charge in [-0.25, -0.2) is 0 Å². The second kappa shape index (κ2) is 5.99. The van der Waals surface area contributed by atoms with Crippen molar-refractivity contribution in [1.29, 1.82) is 0 Å². The van der Waals surface area contributed by atoms with E-state index in [2.05, 4.69) is 11.7 Å². The summed E-state index contributed by atoms with van der Waals surface area (Å²) >= 11 is 0. The smallest absolute Gasteiger partial charge is 0.406 e. The monoisotopic (exact) mass is 279 g/mol. The van der Waals surface area contributed by atoms with E-state index in [9.17, 15) is 13.2 Å². The third-order valence-electron chi connectivity index (χ3n) is 2.86. The Balaban J connectivity index is 2.26. The zero-order valence-electron chi connectivity index (χ0n) is 10.8. The van der Waals surface area contributed by atoms with Crippen LogP contribution in [0.15, 0.2) is 48.5 Å². The van der Waals surface area contributed by atoms with Gasteiger partial charge in [-0.15, -0.1) is 13.2 Å². The Morgan fingerprint density at radius 2 is 1.60 bits per heavy atom. The lowest BCUT2D eigenvalue weighted by atomic mass is 9.97. The minimum absolute atomic E-state index is 0.212. The number of ether oxygens (including phenoxy) is 1. The van der Waals surface area contributed by atoms with E-state index in [1.54, 1.807) is 12.1 Å². The van der Waals surface area contributed by atoms with Gasteiger partial charge in [0.15, 0.2) is 0 Å². The van der Waals surface area contributed by atoms with E-state index < -0.39 is 6.36 Å². The summed E-state index contributed by atoms with van der Waals surface area (Å²) in [7, 11) is 0. The van der Waals surface area contributed by atoms with Gasteiger partial charge in [0, 0.05) is 0 Å². The molecule has 0 aliphatic rings. The first-order valence-electron chi connectivity index (χ1n) is 6.23. The van der Waals surface area contributed by atoms with Crippen LogP contribution in [0.25, 0.3) is 11.1 Å². The van der Waals surface area contributed by atoms with Gasteiger partial charge in [0.25, 0.3) is 0 Å². The molecule has 0 aliphatic carbocycles. The molecule has 0 saturated heterocycles. The first-order chi connectivity index (χ1) is 9.49. The molecule has 1 nitrogen and oxygen atoms in total. The molecule has 4 heteroatoms. The van der Waals surface area contributed by atoms with Gasteiger partial charge in [-0.05, 0) is 41.7 Å². The molecule has 20 heavy (non-hydrogen) atoms. The molecule has 0 spiro atoms. The third kappa shape index (κ3) is 3.76. The zero-order chi connectivity index (χ0) is 14.6. The summed E-state index contributed by atoms with van der Waals surface area (Å²) in [6.07, 6.45) is -3.06. The quantitative estimate of drug-likeness (QED) is 0.763. The summed E-state index contributed by atoms with van der Waals surface area (Å²) in [5.41, 5.74) is 3.00. The fourth-order valence-corrected chi connectivity index (χ4v) is 2.05. The normalized spacial score (nSPS) is 11.4. The lowest BCUT2D eigenvalue weighted by molar-refractivity contribution is -0.274. The van der Waals surface area contributed by atoms with E-state index in [1.807, 2.05) is 24.3 Å². The lowest BCUT2D eigenvalue weighted by Crippen LogP contribution is -2.16. The van der Waals surface area contributed by atoms with Crippen molar-refractivity contribution in [3.05, 3.63) is 61.0 Å². The number of halogens is 3. The molecule has 105 valence electrons. The summed E-state index contributed by atoms with van der Waals surface area (Å²) in [5, 5.41) is 0. The predicted molar refractivity (Wildman–Crippen MR) is 72.2 cm³/mol. The summed E-state index contributed by atoms with van der Waals surface area (Å²) in [4.78, 5) is 0. The fraction of sp³-hybridized carbons (Fsp3) is 0.188. The van der Waals surface area contributed by atoms with Gasteiger partial charge in [0.2, 0.25) is 0 Å². The molecule has 0 N–H and O–H groups in total. The molecule has 2 aromatic carbocycles. The molecule has 2 rings (SSSR count). The average molecular weight is 279 g/mol. The molecular formula is C16H14F3O. The van der Waals surface area contributed by atoms with Crippen molar-refractivity contribution in [2.75, 3.05) is 0 Å². The van der Waals surface area contributed by atoms with Crippen LogP contribution < -0.4 is 4.74 Å². The zero-order valence-corrected chi connectivity index (χ0v) is 10.8. The molecule has 0 unspecified atom stereocenters. The van der Waals surface area contributed by atoms with Gasteiger partial charge >= 0.3 is 6.36 Å². The van der Waals surface area contributed by atoms with E-state index >= 15 is 0 Å². The van der Waals surface area contributed by atoms with Crippen LogP contribution in [0.5, 0.6) is 5.75 Å². The van der Waals surface area contributed by atoms with Gasteiger partial charge in [-0.3, -0.25) is 0 Å². The van der Waals surface area contributed by atoms with E-state index in [1.165, 1.54) is 12.1 Å². The molecule has 0 heterocycles. The number of aryl methyl sites for hydroxylation is 1. The second-order valence-corrected chi connectivity index (χ2v) is 4.33. The van der Waals surface area contributed by atoms with Crippen LogP contribution in [0.3, 0.4) is 0 Å². The molecule has 0 aromatic heterocycles. The SMILES string of the molecule is [CH2]CCc1ccccc1-c1ccc(OC(F)(F)F)cc1. The largest absolute Gasteiger partial charge is 0.573 e. The highest BCUT2D eigenvalue weighted by molar-refractivity contribution is 5.68. The van der Waals surface area contributed by atoms with Gasteiger partial charge < -0.3 is 4.74 Å². The molecule has 0 saturated carbocycles. The van der Waals surface area contributed by atoms with Crippen LogP contribution in [0.4, 0.5) is 13.2 Å². The van der Waals surface area contributed by atoms with Crippen molar-refractivity contribution in [2.45, 2.75) is 19.2 Å². The van der Waals surface area contributed by atoms with Crippen LogP contribution in [0.2, 0.25) is 0 Å². The molecule has 0 fully saturated rings. The Bertz CT molecular complexity index is 559. The summed E-state index contributed by atoms with van der Waals surface area (Å²) in [6.45, 7) is 3.83. The van der Waals surface area contributed by atoms with Gasteiger partial charge in [-0.2, -0.15) is 0 Å². The van der Waals surface area contributed by atoms with E-state index in [4.69, 9.17) is 0 Å². The van der Waals surface area contributed by atoms with Crippen molar-refractivity contribution < 1.29 is 17.9 Å². The topological polar surface area (TPSA) is 9.23 Å². The number of rotatable bonds is 4. The highest BCUT2D eigenvalue weighted by Crippen LogP contribution is 2.28. The van der Waals surface area contributed by atoms with E-state index in [0.29, 0.717) is 0 Å². The Hall–Kier alpha value is -1.97. The highest BCUT2D eigenvalue weighted by Gasteiger charge is 2.30. The Morgan fingerprint density at radius 1 is 0.950 bits per heavy atom. The molecule has 1 radical (unpaired) electrons. The maximum atomic E-state index is 12.1. The van der Waals surface area contributed by atoms with Gasteiger partial charge in [0.1, 0.15) is 5.75 Å². The molecule has 2 aromatic rings. The Morgan fingerprint density at radius 3 is 2.20 bits per heavy atom. The molecule has 0 atom stereocenters.